The zero-order chi connectivity index (χ0) is 16.4. The van der Waals surface area contributed by atoms with Gasteiger partial charge in [0.1, 0.15) is 10.6 Å². The van der Waals surface area contributed by atoms with Crippen LogP contribution in [-0.4, -0.2) is 47.8 Å². The standard InChI is InChI=1S/C15H21N3O3S2/c1-17(8-9-19)23(20,21)14-11-18(12-5-2-3-6-12)16-15(14)13-7-4-10-22-13/h4,7,10-12,19H,2-3,5-6,8-9H2,1H3. The number of aliphatic hydroxyl groups excluding tert-OH is 1. The van der Waals surface area contributed by atoms with Gasteiger partial charge in [-0.15, -0.1) is 11.3 Å². The maximum atomic E-state index is 12.8. The molecular weight excluding hydrogens is 334 g/mol. The SMILES string of the molecule is CN(CCO)S(=O)(=O)c1cn(C2CCCC2)nc1-c1cccs1. The molecule has 126 valence electrons. The van der Waals surface area contributed by atoms with Gasteiger partial charge >= 0.3 is 0 Å². The van der Waals surface area contributed by atoms with E-state index < -0.39 is 10.0 Å². The van der Waals surface area contributed by atoms with Crippen LogP contribution in [0.4, 0.5) is 0 Å². The molecular formula is C15H21N3O3S2. The first-order valence-corrected chi connectivity index (χ1v) is 10.1. The van der Waals surface area contributed by atoms with E-state index in [2.05, 4.69) is 5.10 Å². The summed E-state index contributed by atoms with van der Waals surface area (Å²) < 4.78 is 28.7. The molecule has 8 heteroatoms. The summed E-state index contributed by atoms with van der Waals surface area (Å²) in [7, 11) is -2.19. The molecule has 0 spiro atoms. The first-order valence-electron chi connectivity index (χ1n) is 7.74. The van der Waals surface area contributed by atoms with Gasteiger partial charge in [0.05, 0.1) is 17.5 Å². The van der Waals surface area contributed by atoms with Gasteiger partial charge in [-0.2, -0.15) is 9.40 Å². The lowest BCUT2D eigenvalue weighted by molar-refractivity contribution is 0.266. The number of hydrogen-bond donors (Lipinski definition) is 1. The third-order valence-corrected chi connectivity index (χ3v) is 6.99. The van der Waals surface area contributed by atoms with E-state index in [1.54, 1.807) is 6.20 Å². The van der Waals surface area contributed by atoms with E-state index in [1.807, 2.05) is 22.2 Å². The molecule has 1 fully saturated rings. The molecule has 1 N–H and O–H groups in total. The van der Waals surface area contributed by atoms with E-state index in [1.165, 1.54) is 22.7 Å². The van der Waals surface area contributed by atoms with Gasteiger partial charge in [-0.05, 0) is 24.3 Å². The maximum absolute atomic E-state index is 12.8. The van der Waals surface area contributed by atoms with Crippen molar-refractivity contribution in [2.75, 3.05) is 20.2 Å². The van der Waals surface area contributed by atoms with Crippen LogP contribution in [0.5, 0.6) is 0 Å². The van der Waals surface area contributed by atoms with E-state index in [4.69, 9.17) is 5.11 Å². The van der Waals surface area contributed by atoms with Gasteiger partial charge in [0.15, 0.2) is 0 Å². The normalized spacial score (nSPS) is 16.5. The highest BCUT2D eigenvalue weighted by atomic mass is 32.2. The lowest BCUT2D eigenvalue weighted by Crippen LogP contribution is -2.29. The highest BCUT2D eigenvalue weighted by molar-refractivity contribution is 7.89. The monoisotopic (exact) mass is 355 g/mol. The van der Waals surface area contributed by atoms with E-state index in [9.17, 15) is 8.42 Å². The smallest absolute Gasteiger partial charge is 0.246 e. The molecule has 1 aliphatic rings. The van der Waals surface area contributed by atoms with E-state index in [0.29, 0.717) is 5.69 Å². The minimum absolute atomic E-state index is 0.0703. The quantitative estimate of drug-likeness (QED) is 0.863. The van der Waals surface area contributed by atoms with Crippen LogP contribution in [0.15, 0.2) is 28.6 Å². The summed E-state index contributed by atoms with van der Waals surface area (Å²) >= 11 is 1.48. The summed E-state index contributed by atoms with van der Waals surface area (Å²) in [6.07, 6.45) is 6.06. The number of rotatable bonds is 6. The molecule has 0 aliphatic heterocycles. The van der Waals surface area contributed by atoms with Crippen molar-refractivity contribution in [3.63, 3.8) is 0 Å². The average Bonchev–Trinajstić information content (AvgIpc) is 3.26. The summed E-state index contributed by atoms with van der Waals surface area (Å²) in [6, 6.07) is 4.06. The van der Waals surface area contributed by atoms with Crippen molar-refractivity contribution < 1.29 is 13.5 Å². The van der Waals surface area contributed by atoms with Gasteiger partial charge < -0.3 is 5.11 Å². The molecule has 0 unspecified atom stereocenters. The summed E-state index contributed by atoms with van der Waals surface area (Å²) in [4.78, 5) is 1.07. The van der Waals surface area contributed by atoms with E-state index in [-0.39, 0.29) is 24.1 Å². The molecule has 0 saturated heterocycles. The fourth-order valence-corrected chi connectivity index (χ4v) is 5.01. The van der Waals surface area contributed by atoms with Crippen LogP contribution >= 0.6 is 11.3 Å². The topological polar surface area (TPSA) is 75.4 Å². The zero-order valence-corrected chi connectivity index (χ0v) is 14.7. The maximum Gasteiger partial charge on any atom is 0.246 e. The molecule has 6 nitrogen and oxygen atoms in total. The van der Waals surface area contributed by atoms with Gasteiger partial charge in [0.2, 0.25) is 10.0 Å². The molecule has 0 radical (unpaired) electrons. The third-order valence-electron chi connectivity index (χ3n) is 4.25. The third kappa shape index (κ3) is 3.21. The molecule has 2 aromatic heterocycles. The van der Waals surface area contributed by atoms with Gasteiger partial charge in [-0.3, -0.25) is 4.68 Å². The summed E-state index contributed by atoms with van der Waals surface area (Å²) in [6.45, 7) is -0.137. The molecule has 3 rings (SSSR count). The van der Waals surface area contributed by atoms with Crippen LogP contribution in [0.25, 0.3) is 10.6 Å². The number of nitrogens with zero attached hydrogens (tertiary/aromatic N) is 3. The zero-order valence-electron chi connectivity index (χ0n) is 13.1. The van der Waals surface area contributed by atoms with Gasteiger partial charge in [0.25, 0.3) is 0 Å². The molecule has 2 heterocycles. The van der Waals surface area contributed by atoms with E-state index >= 15 is 0 Å². The van der Waals surface area contributed by atoms with Crippen molar-refractivity contribution in [3.8, 4) is 10.6 Å². The minimum Gasteiger partial charge on any atom is -0.395 e. The van der Waals surface area contributed by atoms with Crippen LogP contribution in [-0.2, 0) is 10.0 Å². The highest BCUT2D eigenvalue weighted by Crippen LogP contribution is 2.35. The number of hydrogen-bond acceptors (Lipinski definition) is 5. The van der Waals surface area contributed by atoms with Crippen molar-refractivity contribution in [1.82, 2.24) is 14.1 Å². The molecule has 2 aromatic rings. The number of aromatic nitrogens is 2. The van der Waals surface area contributed by atoms with Crippen molar-refractivity contribution in [3.05, 3.63) is 23.7 Å². The van der Waals surface area contributed by atoms with Crippen LogP contribution in [0.3, 0.4) is 0 Å². The largest absolute Gasteiger partial charge is 0.395 e. The number of likely N-dealkylation sites (N-methyl/N-ethyl adjacent to an activating group) is 1. The van der Waals surface area contributed by atoms with Gasteiger partial charge in [-0.25, -0.2) is 8.42 Å². The molecule has 0 atom stereocenters. The second-order valence-electron chi connectivity index (χ2n) is 5.79. The van der Waals surface area contributed by atoms with Crippen molar-refractivity contribution in [1.29, 1.82) is 0 Å². The predicted molar refractivity (Wildman–Crippen MR) is 89.9 cm³/mol. The molecule has 0 bridgehead atoms. The molecule has 1 saturated carbocycles. The van der Waals surface area contributed by atoms with Crippen LogP contribution in [0, 0.1) is 0 Å². The van der Waals surface area contributed by atoms with Crippen LogP contribution in [0.2, 0.25) is 0 Å². The highest BCUT2D eigenvalue weighted by Gasteiger charge is 2.30. The Morgan fingerprint density at radius 1 is 1.43 bits per heavy atom. The Balaban J connectivity index is 2.07. The first kappa shape index (κ1) is 16.6. The number of aliphatic hydroxyl groups is 1. The molecule has 0 aromatic carbocycles. The lowest BCUT2D eigenvalue weighted by Gasteiger charge is -2.15. The average molecular weight is 355 g/mol. The summed E-state index contributed by atoms with van der Waals surface area (Å²) in [5.74, 6) is 0. The van der Waals surface area contributed by atoms with Crippen molar-refractivity contribution in [2.45, 2.75) is 36.6 Å². The summed E-state index contributed by atoms with van der Waals surface area (Å²) in [5.41, 5.74) is 0.511. The fraction of sp³-hybridized carbons (Fsp3) is 0.533. The Morgan fingerprint density at radius 3 is 2.78 bits per heavy atom. The number of sulfonamides is 1. The second-order valence-corrected chi connectivity index (χ2v) is 8.75. The Hall–Kier alpha value is -1.22. The Kier molecular flexibility index (Phi) is 4.86. The number of thiophene rings is 1. The lowest BCUT2D eigenvalue weighted by atomic mass is 10.3. The Labute approximate surface area is 140 Å². The second kappa shape index (κ2) is 6.72. The molecule has 0 amide bonds. The van der Waals surface area contributed by atoms with Gasteiger partial charge in [-0.1, -0.05) is 18.9 Å². The Bertz CT molecular complexity index is 747. The van der Waals surface area contributed by atoms with Crippen molar-refractivity contribution in [2.24, 2.45) is 0 Å². The summed E-state index contributed by atoms with van der Waals surface area (Å²) in [5, 5.41) is 15.6. The first-order chi connectivity index (χ1) is 11.0. The van der Waals surface area contributed by atoms with Crippen LogP contribution in [0.1, 0.15) is 31.7 Å². The Morgan fingerprint density at radius 2 is 2.17 bits per heavy atom. The molecule has 23 heavy (non-hydrogen) atoms. The molecule has 1 aliphatic carbocycles. The van der Waals surface area contributed by atoms with Gasteiger partial charge in [0, 0.05) is 19.8 Å². The van der Waals surface area contributed by atoms with Crippen molar-refractivity contribution >= 4 is 21.4 Å². The van der Waals surface area contributed by atoms with E-state index in [0.717, 1.165) is 30.6 Å². The predicted octanol–water partition coefficient (Wildman–Crippen LogP) is 2.34. The van der Waals surface area contributed by atoms with Crippen LogP contribution < -0.4 is 0 Å². The minimum atomic E-state index is -3.67. The fourth-order valence-electron chi connectivity index (χ4n) is 2.93.